The summed E-state index contributed by atoms with van der Waals surface area (Å²) in [5.74, 6) is -0.346. The van der Waals surface area contributed by atoms with Gasteiger partial charge in [-0.05, 0) is 12.5 Å². The molecule has 82 valence electrons. The van der Waals surface area contributed by atoms with E-state index in [1.54, 1.807) is 12.4 Å². The van der Waals surface area contributed by atoms with Crippen LogP contribution in [-0.2, 0) is 15.8 Å². The van der Waals surface area contributed by atoms with Gasteiger partial charge in [0.1, 0.15) is 0 Å². The largest absolute Gasteiger partial charge is 0.269 e. The quantitative estimate of drug-likeness (QED) is 0.772. The minimum Gasteiger partial charge on any atom is -0.269 e. The van der Waals surface area contributed by atoms with Gasteiger partial charge >= 0.3 is 0 Å². The molecular weight excluding hydrogens is 214 g/mol. The number of hydrogen-bond acceptors (Lipinski definition) is 3. The molecule has 0 spiro atoms. The van der Waals surface area contributed by atoms with Gasteiger partial charge < -0.3 is 0 Å². The van der Waals surface area contributed by atoms with E-state index >= 15 is 0 Å². The predicted molar refractivity (Wildman–Crippen MR) is 58.9 cm³/mol. The summed E-state index contributed by atoms with van der Waals surface area (Å²) in [7, 11) is -1.47. The molecule has 1 aliphatic rings. The number of hydrogen-bond donors (Lipinski definition) is 1. The van der Waals surface area contributed by atoms with Gasteiger partial charge in [0.25, 0.3) is 5.91 Å². The lowest BCUT2D eigenvalue weighted by molar-refractivity contribution is -0.114. The summed E-state index contributed by atoms with van der Waals surface area (Å²) in [6.45, 7) is 5.87. The fraction of sp³-hybridized carbons (Fsp3) is 0.333. The molecule has 5 nitrogen and oxygen atoms in total. The Morgan fingerprint density at radius 2 is 2.13 bits per heavy atom. The fourth-order valence-corrected chi connectivity index (χ4v) is 1.85. The Bertz CT molecular complexity index is 423. The van der Waals surface area contributed by atoms with Gasteiger partial charge in [-0.3, -0.25) is 9.52 Å². The highest BCUT2D eigenvalue weighted by atomic mass is 32.2. The van der Waals surface area contributed by atoms with Gasteiger partial charge in [0, 0.05) is 12.3 Å². The van der Waals surface area contributed by atoms with Crippen LogP contribution in [0.15, 0.2) is 18.5 Å². The van der Waals surface area contributed by atoms with Crippen molar-refractivity contribution in [2.24, 2.45) is 0 Å². The van der Waals surface area contributed by atoms with E-state index < -0.39 is 11.0 Å². The normalized spacial score (nSPS) is 19.0. The molecule has 1 aliphatic heterocycles. The first-order chi connectivity index (χ1) is 7.16. The van der Waals surface area contributed by atoms with Gasteiger partial charge in [0.2, 0.25) is 0 Å². The molecule has 1 amide bonds. The van der Waals surface area contributed by atoms with Crippen LogP contribution < -0.4 is 4.72 Å². The van der Waals surface area contributed by atoms with Crippen molar-refractivity contribution < 1.29 is 9.00 Å². The van der Waals surface area contributed by atoms with Crippen molar-refractivity contribution in [1.82, 2.24) is 14.5 Å². The fourth-order valence-electron chi connectivity index (χ4n) is 1.02. The SMILES string of the molecule is CC.Cc1cnn(C2=CC(=O)NS2=O)c1. The number of aryl methyl sites for hydroxylation is 1. The highest BCUT2D eigenvalue weighted by molar-refractivity contribution is 7.93. The van der Waals surface area contributed by atoms with E-state index in [4.69, 9.17) is 0 Å². The maximum absolute atomic E-state index is 11.2. The van der Waals surface area contributed by atoms with E-state index in [1.807, 2.05) is 20.8 Å². The minimum absolute atomic E-state index is 0.346. The Hall–Kier alpha value is -1.43. The number of aromatic nitrogens is 2. The number of carbonyl (C=O) groups is 1. The third-order valence-electron chi connectivity index (χ3n) is 1.58. The zero-order valence-electron chi connectivity index (χ0n) is 8.85. The summed E-state index contributed by atoms with van der Waals surface area (Å²) in [4.78, 5) is 10.8. The molecule has 1 atom stereocenters. The molecule has 15 heavy (non-hydrogen) atoms. The van der Waals surface area contributed by atoms with Crippen LogP contribution in [0.1, 0.15) is 19.4 Å². The van der Waals surface area contributed by atoms with Crippen molar-refractivity contribution >= 4 is 21.9 Å². The van der Waals surface area contributed by atoms with E-state index in [1.165, 1.54) is 10.8 Å². The molecule has 0 fully saturated rings. The summed E-state index contributed by atoms with van der Waals surface area (Å²) in [5.41, 5.74) is 0.956. The zero-order valence-corrected chi connectivity index (χ0v) is 9.67. The molecule has 0 saturated heterocycles. The van der Waals surface area contributed by atoms with Gasteiger partial charge in [-0.15, -0.1) is 0 Å². The molecule has 1 unspecified atom stereocenters. The molecule has 0 saturated carbocycles. The minimum atomic E-state index is -1.47. The van der Waals surface area contributed by atoms with Crippen molar-refractivity contribution in [1.29, 1.82) is 0 Å². The Kier molecular flexibility index (Phi) is 3.79. The summed E-state index contributed by atoms with van der Waals surface area (Å²) in [5, 5.41) is 4.32. The molecule has 2 heterocycles. The predicted octanol–water partition coefficient (Wildman–Crippen LogP) is 0.810. The summed E-state index contributed by atoms with van der Waals surface area (Å²) >= 11 is 0. The van der Waals surface area contributed by atoms with E-state index in [9.17, 15) is 9.00 Å². The second-order valence-electron chi connectivity index (χ2n) is 2.68. The van der Waals surface area contributed by atoms with E-state index in [-0.39, 0.29) is 5.91 Å². The monoisotopic (exact) mass is 227 g/mol. The average molecular weight is 227 g/mol. The van der Waals surface area contributed by atoms with Crippen molar-refractivity contribution in [3.63, 3.8) is 0 Å². The van der Waals surface area contributed by atoms with Gasteiger partial charge in [0.15, 0.2) is 16.0 Å². The van der Waals surface area contributed by atoms with Gasteiger partial charge in [-0.1, -0.05) is 13.8 Å². The lowest BCUT2D eigenvalue weighted by Gasteiger charge is -1.97. The third kappa shape index (κ3) is 2.53. The summed E-state index contributed by atoms with van der Waals surface area (Å²) in [6, 6.07) is 0. The first-order valence-corrected chi connectivity index (χ1v) is 5.77. The maximum atomic E-state index is 11.2. The van der Waals surface area contributed by atoms with Crippen LogP contribution in [0.4, 0.5) is 0 Å². The van der Waals surface area contributed by atoms with Crippen molar-refractivity contribution in [3.05, 3.63) is 24.0 Å². The van der Waals surface area contributed by atoms with Crippen LogP contribution in [0.5, 0.6) is 0 Å². The Labute approximate surface area is 90.8 Å². The van der Waals surface area contributed by atoms with E-state index in [2.05, 4.69) is 9.82 Å². The molecule has 0 aromatic carbocycles. The zero-order chi connectivity index (χ0) is 11.4. The maximum Gasteiger partial charge on any atom is 0.258 e. The number of rotatable bonds is 1. The summed E-state index contributed by atoms with van der Waals surface area (Å²) in [6.07, 6.45) is 4.63. The molecule has 0 aliphatic carbocycles. The van der Waals surface area contributed by atoms with Crippen LogP contribution in [0, 0.1) is 6.92 Å². The van der Waals surface area contributed by atoms with Crippen LogP contribution in [0.3, 0.4) is 0 Å². The highest BCUT2D eigenvalue weighted by Gasteiger charge is 2.21. The third-order valence-corrected chi connectivity index (χ3v) is 2.65. The van der Waals surface area contributed by atoms with Gasteiger partial charge in [-0.25, -0.2) is 8.89 Å². The van der Waals surface area contributed by atoms with E-state index in [0.717, 1.165) is 5.56 Å². The molecule has 1 N–H and O–H groups in total. The molecule has 2 rings (SSSR count). The second kappa shape index (κ2) is 4.88. The topological polar surface area (TPSA) is 64.0 Å². The molecule has 1 aromatic rings. The van der Waals surface area contributed by atoms with Crippen LogP contribution >= 0.6 is 0 Å². The number of nitrogens with zero attached hydrogens (tertiary/aromatic N) is 2. The van der Waals surface area contributed by atoms with Crippen LogP contribution in [0.25, 0.3) is 5.03 Å². The van der Waals surface area contributed by atoms with Crippen molar-refractivity contribution in [2.75, 3.05) is 0 Å². The smallest absolute Gasteiger partial charge is 0.258 e. The Balaban J connectivity index is 0.000000531. The standard InChI is InChI=1S/C7H7N3O2S.C2H6/c1-5-3-8-10(4-5)7-2-6(11)9-13(7)12;1-2/h2-4H,1H3,(H,9,11);1-2H3. The number of nitrogens with one attached hydrogen (secondary N) is 1. The van der Waals surface area contributed by atoms with Crippen LogP contribution in [-0.4, -0.2) is 19.9 Å². The van der Waals surface area contributed by atoms with Crippen molar-refractivity contribution in [2.45, 2.75) is 20.8 Å². The summed E-state index contributed by atoms with van der Waals surface area (Å²) < 4.78 is 14.9. The van der Waals surface area contributed by atoms with Gasteiger partial charge in [0.05, 0.1) is 6.20 Å². The number of amides is 1. The second-order valence-corrected chi connectivity index (χ2v) is 3.84. The average Bonchev–Trinajstić information content (AvgIpc) is 2.76. The molecular formula is C9H13N3O2S. The van der Waals surface area contributed by atoms with Crippen LogP contribution in [0.2, 0.25) is 0 Å². The van der Waals surface area contributed by atoms with E-state index in [0.29, 0.717) is 5.03 Å². The number of carbonyl (C=O) groups excluding carboxylic acids is 1. The Morgan fingerprint density at radius 1 is 1.47 bits per heavy atom. The van der Waals surface area contributed by atoms with Crippen molar-refractivity contribution in [3.8, 4) is 0 Å². The highest BCUT2D eigenvalue weighted by Crippen LogP contribution is 2.12. The van der Waals surface area contributed by atoms with Gasteiger partial charge in [-0.2, -0.15) is 5.10 Å². The lowest BCUT2D eigenvalue weighted by Crippen LogP contribution is -2.17. The lowest BCUT2D eigenvalue weighted by atomic mass is 10.4. The first-order valence-electron chi connectivity index (χ1n) is 4.62. The molecule has 0 radical (unpaired) electrons. The first kappa shape index (κ1) is 11.6. The Morgan fingerprint density at radius 3 is 2.53 bits per heavy atom. The molecule has 6 heteroatoms. The molecule has 1 aromatic heterocycles. The molecule has 0 bridgehead atoms.